The second-order valence-electron chi connectivity index (χ2n) is 2.94. The molecule has 0 unspecified atom stereocenters. The molecule has 1 aromatic carbocycles. The lowest BCUT2D eigenvalue weighted by Gasteiger charge is -2.02. The lowest BCUT2D eigenvalue weighted by molar-refractivity contribution is 1.30. The van der Waals surface area contributed by atoms with Crippen LogP contribution in [0.25, 0.3) is 11.3 Å². The molecular weight excluding hydrogens is 158 g/mol. The Labute approximate surface area is 78.1 Å². The summed E-state index contributed by atoms with van der Waals surface area (Å²) in [7, 11) is 0. The van der Waals surface area contributed by atoms with Crippen LogP contribution in [-0.4, -0.2) is 4.98 Å². The number of aryl methyl sites for hydroxylation is 1. The van der Waals surface area contributed by atoms with Crippen LogP contribution in [0.1, 0.15) is 5.56 Å². The van der Waals surface area contributed by atoms with Gasteiger partial charge in [-0.1, -0.05) is 24.3 Å². The molecule has 0 N–H and O–H groups in total. The molecule has 0 fully saturated rings. The second-order valence-corrected chi connectivity index (χ2v) is 2.94. The topological polar surface area (TPSA) is 12.9 Å². The van der Waals surface area contributed by atoms with Crippen LogP contribution in [0.5, 0.6) is 0 Å². The molecule has 1 heteroatoms. The molecule has 0 atom stereocenters. The molecule has 2 rings (SSSR count). The molecule has 1 nitrogen and oxygen atoms in total. The molecule has 0 amide bonds. The van der Waals surface area contributed by atoms with Crippen molar-refractivity contribution in [3.05, 3.63) is 54.2 Å². The molecule has 0 spiro atoms. The predicted molar refractivity (Wildman–Crippen MR) is 53.2 cm³/mol. The van der Waals surface area contributed by atoms with Crippen molar-refractivity contribution < 1.29 is 0 Å². The van der Waals surface area contributed by atoms with E-state index >= 15 is 0 Å². The average molecular weight is 168 g/mol. The SMILES string of the molecule is Cc1ccc[c]c1-c1ccccn1. The summed E-state index contributed by atoms with van der Waals surface area (Å²) < 4.78 is 0. The Kier molecular flexibility index (Phi) is 2.09. The molecule has 0 aliphatic carbocycles. The van der Waals surface area contributed by atoms with Crippen molar-refractivity contribution in [3.63, 3.8) is 0 Å². The van der Waals surface area contributed by atoms with Gasteiger partial charge in [0, 0.05) is 11.8 Å². The summed E-state index contributed by atoms with van der Waals surface area (Å²) >= 11 is 0. The zero-order chi connectivity index (χ0) is 9.10. The minimum atomic E-state index is 0.987. The van der Waals surface area contributed by atoms with Crippen molar-refractivity contribution >= 4 is 0 Å². The van der Waals surface area contributed by atoms with Crippen LogP contribution in [0.4, 0.5) is 0 Å². The van der Waals surface area contributed by atoms with E-state index in [1.807, 2.05) is 30.3 Å². The van der Waals surface area contributed by atoms with Crippen LogP contribution in [-0.2, 0) is 0 Å². The molecule has 0 saturated carbocycles. The van der Waals surface area contributed by atoms with Gasteiger partial charge in [-0.3, -0.25) is 4.98 Å². The normalized spacial score (nSPS) is 9.92. The number of rotatable bonds is 1. The summed E-state index contributed by atoms with van der Waals surface area (Å²) in [5, 5.41) is 0. The van der Waals surface area contributed by atoms with Gasteiger partial charge in [-0.2, -0.15) is 0 Å². The fourth-order valence-corrected chi connectivity index (χ4v) is 1.31. The van der Waals surface area contributed by atoms with Crippen LogP contribution >= 0.6 is 0 Å². The second kappa shape index (κ2) is 3.40. The van der Waals surface area contributed by atoms with Crippen molar-refractivity contribution in [1.82, 2.24) is 4.98 Å². The Morgan fingerprint density at radius 1 is 1.15 bits per heavy atom. The van der Waals surface area contributed by atoms with Gasteiger partial charge in [-0.15, -0.1) is 0 Å². The van der Waals surface area contributed by atoms with E-state index in [2.05, 4.69) is 24.0 Å². The monoisotopic (exact) mass is 168 g/mol. The smallest absolute Gasteiger partial charge is 0.0710 e. The fourth-order valence-electron chi connectivity index (χ4n) is 1.31. The van der Waals surface area contributed by atoms with E-state index in [1.165, 1.54) is 5.56 Å². The molecule has 1 radical (unpaired) electrons. The van der Waals surface area contributed by atoms with Crippen molar-refractivity contribution in [3.8, 4) is 11.3 Å². The summed E-state index contributed by atoms with van der Waals surface area (Å²) in [6.45, 7) is 2.07. The Morgan fingerprint density at radius 3 is 2.77 bits per heavy atom. The summed E-state index contributed by atoms with van der Waals surface area (Å²) in [4.78, 5) is 4.28. The maximum absolute atomic E-state index is 4.28. The van der Waals surface area contributed by atoms with E-state index in [0.29, 0.717) is 0 Å². The summed E-state index contributed by atoms with van der Waals surface area (Å²) in [5.41, 5.74) is 3.28. The number of nitrogens with zero attached hydrogens (tertiary/aromatic N) is 1. The Hall–Kier alpha value is -1.63. The van der Waals surface area contributed by atoms with E-state index in [1.54, 1.807) is 6.20 Å². The highest BCUT2D eigenvalue weighted by molar-refractivity contribution is 5.62. The number of benzene rings is 1. The molecule has 2 aromatic rings. The van der Waals surface area contributed by atoms with Gasteiger partial charge in [0.2, 0.25) is 0 Å². The van der Waals surface area contributed by atoms with Crippen molar-refractivity contribution in [1.29, 1.82) is 0 Å². The third kappa shape index (κ3) is 1.59. The van der Waals surface area contributed by atoms with Gasteiger partial charge in [0.1, 0.15) is 0 Å². The van der Waals surface area contributed by atoms with Crippen LogP contribution < -0.4 is 0 Å². The molecule has 1 aromatic heterocycles. The van der Waals surface area contributed by atoms with Crippen molar-refractivity contribution in [2.24, 2.45) is 0 Å². The van der Waals surface area contributed by atoms with E-state index in [4.69, 9.17) is 0 Å². The van der Waals surface area contributed by atoms with Gasteiger partial charge in [-0.05, 0) is 30.7 Å². The first-order valence-corrected chi connectivity index (χ1v) is 4.26. The number of pyridine rings is 1. The maximum atomic E-state index is 4.28. The number of hydrogen-bond acceptors (Lipinski definition) is 1. The molecule has 63 valence electrons. The van der Waals surface area contributed by atoms with Crippen LogP contribution in [0, 0.1) is 13.0 Å². The summed E-state index contributed by atoms with van der Waals surface area (Å²) in [5.74, 6) is 0. The highest BCUT2D eigenvalue weighted by atomic mass is 14.7. The number of hydrogen-bond donors (Lipinski definition) is 0. The molecule has 0 aliphatic rings. The zero-order valence-corrected chi connectivity index (χ0v) is 7.49. The Morgan fingerprint density at radius 2 is 2.08 bits per heavy atom. The lowest BCUT2D eigenvalue weighted by atomic mass is 10.1. The van der Waals surface area contributed by atoms with Crippen molar-refractivity contribution in [2.45, 2.75) is 6.92 Å². The molecule has 0 saturated heterocycles. The molecule has 0 aliphatic heterocycles. The molecule has 0 bridgehead atoms. The first-order valence-electron chi connectivity index (χ1n) is 4.26. The first kappa shape index (κ1) is 7.99. The minimum Gasteiger partial charge on any atom is -0.256 e. The van der Waals surface area contributed by atoms with Gasteiger partial charge in [0.25, 0.3) is 0 Å². The van der Waals surface area contributed by atoms with Crippen LogP contribution in [0.2, 0.25) is 0 Å². The third-order valence-corrected chi connectivity index (χ3v) is 1.99. The summed E-state index contributed by atoms with van der Waals surface area (Å²) in [6, 6.07) is 15.1. The van der Waals surface area contributed by atoms with E-state index in [0.717, 1.165) is 11.3 Å². The van der Waals surface area contributed by atoms with Gasteiger partial charge in [0.05, 0.1) is 5.69 Å². The van der Waals surface area contributed by atoms with Gasteiger partial charge in [-0.25, -0.2) is 0 Å². The third-order valence-electron chi connectivity index (χ3n) is 1.99. The quantitative estimate of drug-likeness (QED) is 0.638. The zero-order valence-electron chi connectivity index (χ0n) is 7.49. The molecule has 1 heterocycles. The summed E-state index contributed by atoms with van der Waals surface area (Å²) in [6.07, 6.45) is 1.80. The van der Waals surface area contributed by atoms with E-state index in [-0.39, 0.29) is 0 Å². The minimum absolute atomic E-state index is 0.987. The largest absolute Gasteiger partial charge is 0.256 e. The standard InChI is InChI=1S/C12H10N/c1-10-6-2-3-7-11(10)12-8-4-5-9-13-12/h2-6,8-9H,1H3. The Balaban J connectivity index is 2.54. The molecule has 13 heavy (non-hydrogen) atoms. The van der Waals surface area contributed by atoms with Crippen LogP contribution in [0.3, 0.4) is 0 Å². The Bertz CT molecular complexity index is 393. The first-order chi connectivity index (χ1) is 6.38. The average Bonchev–Trinajstić information content (AvgIpc) is 2.20. The highest BCUT2D eigenvalue weighted by Crippen LogP contribution is 2.19. The van der Waals surface area contributed by atoms with Gasteiger partial charge >= 0.3 is 0 Å². The van der Waals surface area contributed by atoms with E-state index in [9.17, 15) is 0 Å². The maximum Gasteiger partial charge on any atom is 0.0710 e. The lowest BCUT2D eigenvalue weighted by Crippen LogP contribution is -1.85. The fraction of sp³-hybridized carbons (Fsp3) is 0.0833. The van der Waals surface area contributed by atoms with E-state index < -0.39 is 0 Å². The van der Waals surface area contributed by atoms with Gasteiger partial charge < -0.3 is 0 Å². The highest BCUT2D eigenvalue weighted by Gasteiger charge is 1.99. The van der Waals surface area contributed by atoms with Crippen molar-refractivity contribution in [2.75, 3.05) is 0 Å². The molecular formula is C12H10N. The predicted octanol–water partition coefficient (Wildman–Crippen LogP) is 2.86. The van der Waals surface area contributed by atoms with Gasteiger partial charge in [0.15, 0.2) is 0 Å². The van der Waals surface area contributed by atoms with Crippen LogP contribution in [0.15, 0.2) is 42.6 Å². The number of aromatic nitrogens is 1.